The molecule has 0 saturated carbocycles. The lowest BCUT2D eigenvalue weighted by Crippen LogP contribution is -1.93. The molecule has 0 aromatic heterocycles. The fraction of sp³-hybridized carbons (Fsp3) is 0. The summed E-state index contributed by atoms with van der Waals surface area (Å²) in [5.74, 6) is -1.54. The van der Waals surface area contributed by atoms with E-state index in [1.165, 1.54) is 0 Å². The maximum atomic E-state index is 13.1. The molecule has 1 rings (SSSR count). The van der Waals surface area contributed by atoms with E-state index < -0.39 is 11.6 Å². The van der Waals surface area contributed by atoms with E-state index in [0.29, 0.717) is 0 Å². The van der Waals surface area contributed by atoms with Gasteiger partial charge in [-0.15, -0.1) is 0 Å². The Hall–Kier alpha value is -1.92. The molecule has 6 heteroatoms. The molecule has 0 aliphatic heterocycles. The van der Waals surface area contributed by atoms with Crippen LogP contribution in [0.5, 0.6) is 0 Å². The molecule has 1 aromatic rings. The van der Waals surface area contributed by atoms with Crippen LogP contribution in [0.15, 0.2) is 28.4 Å². The molecule has 0 radical (unpaired) electrons. The van der Waals surface area contributed by atoms with E-state index in [1.807, 2.05) is 0 Å². The maximum Gasteiger partial charge on any atom is 0.145 e. The number of hydrogen-bond acceptors (Lipinski definition) is 3. The number of nitrogens with one attached hydrogen (secondary N) is 1. The standard InChI is InChI=1S/C10H4BrF2N3/c11-10-8(12)1-7(2-9(10)13)16-5-6(3-14)4-15/h1-2,5,16H. The Morgan fingerprint density at radius 2 is 1.75 bits per heavy atom. The van der Waals surface area contributed by atoms with Crippen LogP contribution < -0.4 is 5.32 Å². The molecular weight excluding hydrogens is 280 g/mol. The highest BCUT2D eigenvalue weighted by atomic mass is 79.9. The number of halogens is 3. The molecule has 0 spiro atoms. The van der Waals surface area contributed by atoms with Gasteiger partial charge in [0.15, 0.2) is 0 Å². The number of nitriles is 2. The van der Waals surface area contributed by atoms with Gasteiger partial charge >= 0.3 is 0 Å². The van der Waals surface area contributed by atoms with Crippen molar-refractivity contribution in [2.45, 2.75) is 0 Å². The third kappa shape index (κ3) is 2.78. The van der Waals surface area contributed by atoms with Crippen LogP contribution in [-0.2, 0) is 0 Å². The first-order chi connectivity index (χ1) is 7.58. The molecule has 0 atom stereocenters. The van der Waals surface area contributed by atoms with Gasteiger partial charge in [0.05, 0.1) is 4.47 Å². The van der Waals surface area contributed by atoms with Crippen LogP contribution in [0.3, 0.4) is 0 Å². The highest BCUT2D eigenvalue weighted by Gasteiger charge is 2.07. The number of hydrogen-bond donors (Lipinski definition) is 1. The van der Waals surface area contributed by atoms with Crippen molar-refractivity contribution >= 4 is 21.6 Å². The fourth-order valence-corrected chi connectivity index (χ4v) is 1.11. The third-order valence-electron chi connectivity index (χ3n) is 1.61. The number of anilines is 1. The monoisotopic (exact) mass is 283 g/mol. The SMILES string of the molecule is N#CC(C#N)=CNc1cc(F)c(Br)c(F)c1. The predicted octanol–water partition coefficient (Wildman–Crippen LogP) is 3.07. The summed E-state index contributed by atoms with van der Waals surface area (Å²) in [5.41, 5.74) is -0.0788. The number of rotatable bonds is 2. The van der Waals surface area contributed by atoms with Gasteiger partial charge in [0.2, 0.25) is 0 Å². The molecule has 0 unspecified atom stereocenters. The Morgan fingerprint density at radius 1 is 1.25 bits per heavy atom. The van der Waals surface area contributed by atoms with Gasteiger partial charge in [-0.2, -0.15) is 10.5 Å². The molecule has 1 aromatic carbocycles. The van der Waals surface area contributed by atoms with Gasteiger partial charge in [-0.25, -0.2) is 8.78 Å². The molecule has 0 fully saturated rings. The summed E-state index contributed by atoms with van der Waals surface area (Å²) in [6, 6.07) is 5.28. The van der Waals surface area contributed by atoms with E-state index in [2.05, 4.69) is 21.2 Å². The minimum absolute atomic E-state index is 0.112. The average Bonchev–Trinajstić information content (AvgIpc) is 2.27. The zero-order valence-corrected chi connectivity index (χ0v) is 9.35. The van der Waals surface area contributed by atoms with Crippen molar-refractivity contribution in [1.82, 2.24) is 0 Å². The molecule has 0 heterocycles. The summed E-state index contributed by atoms with van der Waals surface area (Å²) in [7, 11) is 0. The Labute approximate surface area is 98.7 Å². The summed E-state index contributed by atoms with van der Waals surface area (Å²) >= 11 is 2.72. The topological polar surface area (TPSA) is 59.6 Å². The smallest absolute Gasteiger partial charge is 0.145 e. The zero-order valence-electron chi connectivity index (χ0n) is 7.76. The number of allylic oxidation sites excluding steroid dienone is 1. The molecule has 0 aliphatic carbocycles. The van der Waals surface area contributed by atoms with Gasteiger partial charge in [-0.3, -0.25) is 0 Å². The van der Waals surface area contributed by atoms with E-state index in [4.69, 9.17) is 10.5 Å². The normalized spacial score (nSPS) is 8.81. The average molecular weight is 284 g/mol. The van der Waals surface area contributed by atoms with Crippen molar-refractivity contribution < 1.29 is 8.78 Å². The van der Waals surface area contributed by atoms with Gasteiger partial charge in [0.1, 0.15) is 29.3 Å². The van der Waals surface area contributed by atoms with E-state index in [0.717, 1.165) is 18.3 Å². The van der Waals surface area contributed by atoms with Gasteiger partial charge in [-0.05, 0) is 28.1 Å². The molecule has 1 N–H and O–H groups in total. The van der Waals surface area contributed by atoms with Crippen LogP contribution in [0.1, 0.15) is 0 Å². The molecule has 80 valence electrons. The second kappa shape index (κ2) is 5.24. The van der Waals surface area contributed by atoms with Crippen LogP contribution in [0.4, 0.5) is 14.5 Å². The summed E-state index contributed by atoms with van der Waals surface area (Å²) in [6.45, 7) is 0. The van der Waals surface area contributed by atoms with Gasteiger partial charge < -0.3 is 5.32 Å². The van der Waals surface area contributed by atoms with Crippen molar-refractivity contribution in [3.05, 3.63) is 40.0 Å². The van der Waals surface area contributed by atoms with Crippen LogP contribution >= 0.6 is 15.9 Å². The lowest BCUT2D eigenvalue weighted by molar-refractivity contribution is 0.573. The van der Waals surface area contributed by atoms with Gasteiger partial charge in [-0.1, -0.05) is 0 Å². The van der Waals surface area contributed by atoms with Crippen LogP contribution in [0.25, 0.3) is 0 Å². The first-order valence-corrected chi connectivity index (χ1v) is 4.79. The van der Waals surface area contributed by atoms with Crippen LogP contribution in [0, 0.1) is 34.3 Å². The second-order valence-corrected chi connectivity index (χ2v) is 3.47. The van der Waals surface area contributed by atoms with E-state index in [-0.39, 0.29) is 15.7 Å². The van der Waals surface area contributed by atoms with Crippen molar-refractivity contribution in [1.29, 1.82) is 10.5 Å². The largest absolute Gasteiger partial charge is 0.360 e. The molecule has 0 amide bonds. The van der Waals surface area contributed by atoms with Gasteiger partial charge in [0, 0.05) is 11.9 Å². The van der Waals surface area contributed by atoms with Crippen LogP contribution in [0.2, 0.25) is 0 Å². The molecule has 0 saturated heterocycles. The highest BCUT2D eigenvalue weighted by Crippen LogP contribution is 2.23. The van der Waals surface area contributed by atoms with Crippen molar-refractivity contribution in [3.63, 3.8) is 0 Å². The highest BCUT2D eigenvalue weighted by molar-refractivity contribution is 9.10. The van der Waals surface area contributed by atoms with Crippen molar-refractivity contribution in [2.24, 2.45) is 0 Å². The van der Waals surface area contributed by atoms with Crippen molar-refractivity contribution in [2.75, 3.05) is 5.32 Å². The fourth-order valence-electron chi connectivity index (χ4n) is 0.884. The lowest BCUT2D eigenvalue weighted by Gasteiger charge is -2.03. The predicted molar refractivity (Wildman–Crippen MR) is 57.0 cm³/mol. The van der Waals surface area contributed by atoms with Crippen molar-refractivity contribution in [3.8, 4) is 12.1 Å². The summed E-state index contributed by atoms with van der Waals surface area (Å²) in [6.07, 6.45) is 1.07. The molecule has 0 bridgehead atoms. The maximum absolute atomic E-state index is 13.1. The minimum Gasteiger partial charge on any atom is -0.360 e. The molecule has 16 heavy (non-hydrogen) atoms. The Morgan fingerprint density at radius 3 is 2.19 bits per heavy atom. The van der Waals surface area contributed by atoms with E-state index >= 15 is 0 Å². The Kier molecular flexibility index (Phi) is 3.98. The van der Waals surface area contributed by atoms with E-state index in [1.54, 1.807) is 12.1 Å². The number of nitrogens with zero attached hydrogens (tertiary/aromatic N) is 2. The molecule has 0 aliphatic rings. The summed E-state index contributed by atoms with van der Waals surface area (Å²) in [5, 5.41) is 19.3. The summed E-state index contributed by atoms with van der Waals surface area (Å²) < 4.78 is 25.8. The minimum atomic E-state index is -0.772. The Bertz CT molecular complexity index is 487. The zero-order chi connectivity index (χ0) is 12.1. The van der Waals surface area contributed by atoms with E-state index in [9.17, 15) is 8.78 Å². The Balaban J connectivity index is 2.98. The first kappa shape index (κ1) is 12.2. The second-order valence-electron chi connectivity index (χ2n) is 2.68. The first-order valence-electron chi connectivity index (χ1n) is 4.00. The third-order valence-corrected chi connectivity index (χ3v) is 2.37. The molecule has 3 nitrogen and oxygen atoms in total. The summed E-state index contributed by atoms with van der Waals surface area (Å²) in [4.78, 5) is 0. The molecular formula is C10H4BrF2N3. The van der Waals surface area contributed by atoms with Gasteiger partial charge in [0.25, 0.3) is 0 Å². The lowest BCUT2D eigenvalue weighted by atomic mass is 10.3. The van der Waals surface area contributed by atoms with Crippen LogP contribution in [-0.4, -0.2) is 0 Å². The quantitative estimate of drug-likeness (QED) is 0.670. The number of benzene rings is 1.